The van der Waals surface area contributed by atoms with Crippen LogP contribution in [0, 0.1) is 12.8 Å². The number of aromatic hydroxyl groups is 1. The molecule has 6 heteroatoms. The molecule has 0 saturated heterocycles. The minimum absolute atomic E-state index is 0.0179. The number of aryl methyl sites for hydroxylation is 1. The van der Waals surface area contributed by atoms with E-state index >= 15 is 0 Å². The molecule has 3 N–H and O–H groups in total. The zero-order valence-corrected chi connectivity index (χ0v) is 15.6. The van der Waals surface area contributed by atoms with E-state index in [2.05, 4.69) is 50.4 Å². The Labute approximate surface area is 163 Å². The smallest absolute Gasteiger partial charge is 0.238 e. The molecule has 6 nitrogen and oxygen atoms in total. The van der Waals surface area contributed by atoms with Crippen LogP contribution in [0.15, 0.2) is 41.5 Å². The van der Waals surface area contributed by atoms with Crippen LogP contribution in [0.1, 0.15) is 29.7 Å². The number of rotatable bonds is 5. The lowest BCUT2D eigenvalue weighted by atomic mass is 9.99. The van der Waals surface area contributed by atoms with E-state index in [0.29, 0.717) is 17.5 Å². The number of imidazole rings is 1. The van der Waals surface area contributed by atoms with Crippen molar-refractivity contribution in [2.75, 3.05) is 11.9 Å². The Balaban J connectivity index is 1.46. The van der Waals surface area contributed by atoms with Crippen LogP contribution >= 0.6 is 0 Å². The van der Waals surface area contributed by atoms with Crippen molar-refractivity contribution in [2.45, 2.75) is 19.8 Å². The van der Waals surface area contributed by atoms with Gasteiger partial charge in [-0.3, -0.25) is 0 Å². The highest BCUT2D eigenvalue weighted by Crippen LogP contribution is 2.35. The number of aliphatic imine (C=N–C) groups is 1. The van der Waals surface area contributed by atoms with Crippen molar-refractivity contribution in [1.82, 2.24) is 15.0 Å². The lowest BCUT2D eigenvalue weighted by Crippen LogP contribution is -2.04. The van der Waals surface area contributed by atoms with Crippen LogP contribution in [0.25, 0.3) is 22.8 Å². The Morgan fingerprint density at radius 1 is 1.25 bits per heavy atom. The Morgan fingerprint density at radius 2 is 2.11 bits per heavy atom. The van der Waals surface area contributed by atoms with Crippen LogP contribution < -0.4 is 5.32 Å². The summed E-state index contributed by atoms with van der Waals surface area (Å²) in [6.07, 6.45) is 8.02. The van der Waals surface area contributed by atoms with Gasteiger partial charge in [-0.05, 0) is 49.0 Å². The topological polar surface area (TPSA) is 86.2 Å². The number of hydrogen-bond acceptors (Lipinski definition) is 5. The third kappa shape index (κ3) is 3.17. The Kier molecular flexibility index (Phi) is 3.97. The van der Waals surface area contributed by atoms with Gasteiger partial charge in [0.15, 0.2) is 5.82 Å². The molecule has 5 rings (SSSR count). The lowest BCUT2D eigenvalue weighted by Gasteiger charge is -2.07. The fourth-order valence-electron chi connectivity index (χ4n) is 3.41. The number of hydrogen-bond donors (Lipinski definition) is 3. The highest BCUT2D eigenvalue weighted by Gasteiger charge is 2.22. The van der Waals surface area contributed by atoms with Crippen LogP contribution in [-0.2, 0) is 0 Å². The van der Waals surface area contributed by atoms with Gasteiger partial charge < -0.3 is 15.4 Å². The van der Waals surface area contributed by atoms with Crippen molar-refractivity contribution >= 4 is 29.6 Å². The van der Waals surface area contributed by atoms with Crippen LogP contribution in [-0.4, -0.2) is 32.8 Å². The standard InChI is InChI=1S/C22H21N5O/c1-13-4-2-3-5-17(13)15-8-18-16(12-24-20(18)23-11-15)9-19-21(28)27-22(26-19)25-10-14-6-7-14/h2-5,8-9,11-12,14,28H,6-7,10H2,1H3,(H2,25,26,27). The number of H-pyrrole nitrogens is 1. The average molecular weight is 371 g/mol. The summed E-state index contributed by atoms with van der Waals surface area (Å²) < 4.78 is 0. The van der Waals surface area contributed by atoms with Crippen molar-refractivity contribution in [3.63, 3.8) is 0 Å². The largest absolute Gasteiger partial charge is 0.492 e. The summed E-state index contributed by atoms with van der Waals surface area (Å²) in [5.74, 6) is 2.00. The fraction of sp³-hybridized carbons (Fsp3) is 0.227. The first-order valence-electron chi connectivity index (χ1n) is 9.52. The first-order valence-corrected chi connectivity index (χ1v) is 9.52. The molecular formula is C22H21N5O. The molecule has 3 aromatic rings. The summed E-state index contributed by atoms with van der Waals surface area (Å²) in [6, 6.07) is 10.3. The third-order valence-corrected chi connectivity index (χ3v) is 5.23. The van der Waals surface area contributed by atoms with E-state index in [1.807, 2.05) is 24.4 Å². The van der Waals surface area contributed by atoms with Crippen LogP contribution in [0.5, 0.6) is 5.88 Å². The SMILES string of the molecule is Cc1ccccc1-c1cnc2c(c1)C(=Cc1[nH]c(NCC3CC3)nc1O)C=N2. The summed E-state index contributed by atoms with van der Waals surface area (Å²) in [4.78, 5) is 16.2. The molecule has 0 radical (unpaired) electrons. The molecule has 0 spiro atoms. The minimum atomic E-state index is -0.0179. The quantitative estimate of drug-likeness (QED) is 0.613. The van der Waals surface area contributed by atoms with Crippen molar-refractivity contribution in [1.29, 1.82) is 0 Å². The van der Waals surface area contributed by atoms with E-state index in [9.17, 15) is 5.11 Å². The highest BCUT2D eigenvalue weighted by molar-refractivity contribution is 6.21. The summed E-state index contributed by atoms with van der Waals surface area (Å²) in [5, 5.41) is 13.4. The van der Waals surface area contributed by atoms with E-state index in [0.717, 1.165) is 34.7 Å². The maximum atomic E-state index is 10.2. The second-order valence-corrected chi connectivity index (χ2v) is 7.41. The van der Waals surface area contributed by atoms with Gasteiger partial charge in [-0.2, -0.15) is 4.98 Å². The highest BCUT2D eigenvalue weighted by atomic mass is 16.3. The first kappa shape index (κ1) is 16.7. The number of benzene rings is 1. The van der Waals surface area contributed by atoms with Gasteiger partial charge in [-0.15, -0.1) is 0 Å². The van der Waals surface area contributed by atoms with Crippen LogP contribution in [0.3, 0.4) is 0 Å². The number of nitrogens with zero attached hydrogens (tertiary/aromatic N) is 3. The molecule has 0 bridgehead atoms. The average Bonchev–Trinajstić information content (AvgIpc) is 3.36. The summed E-state index contributed by atoms with van der Waals surface area (Å²) in [6.45, 7) is 2.98. The fourth-order valence-corrected chi connectivity index (χ4v) is 3.41. The summed E-state index contributed by atoms with van der Waals surface area (Å²) in [7, 11) is 0. The molecule has 140 valence electrons. The molecule has 28 heavy (non-hydrogen) atoms. The van der Waals surface area contributed by atoms with E-state index in [1.54, 1.807) is 6.21 Å². The molecular weight excluding hydrogens is 350 g/mol. The molecule has 1 fully saturated rings. The molecule has 0 atom stereocenters. The second kappa shape index (κ2) is 6.64. The molecule has 0 unspecified atom stereocenters. The van der Waals surface area contributed by atoms with E-state index in [4.69, 9.17) is 0 Å². The number of nitrogens with one attached hydrogen (secondary N) is 2. The van der Waals surface area contributed by atoms with E-state index in [-0.39, 0.29) is 5.88 Å². The van der Waals surface area contributed by atoms with Gasteiger partial charge in [0.2, 0.25) is 11.8 Å². The normalized spacial score (nSPS) is 16.5. The Morgan fingerprint density at radius 3 is 2.93 bits per heavy atom. The van der Waals surface area contributed by atoms with Crippen LogP contribution in [0.4, 0.5) is 11.8 Å². The second-order valence-electron chi connectivity index (χ2n) is 7.41. The Bertz CT molecular complexity index is 1110. The number of pyridine rings is 1. The van der Waals surface area contributed by atoms with Crippen molar-refractivity contribution < 1.29 is 5.11 Å². The van der Waals surface area contributed by atoms with Crippen molar-refractivity contribution in [3.8, 4) is 17.0 Å². The van der Waals surface area contributed by atoms with E-state index < -0.39 is 0 Å². The van der Waals surface area contributed by atoms with Crippen molar-refractivity contribution in [3.05, 3.63) is 53.3 Å². The molecule has 3 heterocycles. The number of aromatic nitrogens is 3. The van der Waals surface area contributed by atoms with Crippen molar-refractivity contribution in [2.24, 2.45) is 10.9 Å². The van der Waals surface area contributed by atoms with Gasteiger partial charge in [0.25, 0.3) is 0 Å². The minimum Gasteiger partial charge on any atom is -0.492 e. The zero-order chi connectivity index (χ0) is 19.1. The summed E-state index contributed by atoms with van der Waals surface area (Å²) >= 11 is 0. The molecule has 2 aliphatic rings. The number of fused-ring (bicyclic) bond motifs is 1. The third-order valence-electron chi connectivity index (χ3n) is 5.23. The first-order chi connectivity index (χ1) is 13.7. The number of anilines is 1. The van der Waals surface area contributed by atoms with Gasteiger partial charge in [0.05, 0.1) is 0 Å². The maximum Gasteiger partial charge on any atom is 0.238 e. The number of aromatic amines is 1. The van der Waals surface area contributed by atoms with Gasteiger partial charge in [0, 0.05) is 35.7 Å². The van der Waals surface area contributed by atoms with Gasteiger partial charge in [0.1, 0.15) is 5.69 Å². The summed E-state index contributed by atoms with van der Waals surface area (Å²) in [5.41, 5.74) is 5.81. The van der Waals surface area contributed by atoms with Gasteiger partial charge >= 0.3 is 0 Å². The Hall–Kier alpha value is -3.41. The lowest BCUT2D eigenvalue weighted by molar-refractivity contribution is 0.455. The molecule has 1 aliphatic heterocycles. The number of allylic oxidation sites excluding steroid dienone is 1. The van der Waals surface area contributed by atoms with Gasteiger partial charge in [-0.1, -0.05) is 24.3 Å². The van der Waals surface area contributed by atoms with Gasteiger partial charge in [-0.25, -0.2) is 9.98 Å². The molecule has 2 aromatic heterocycles. The maximum absolute atomic E-state index is 10.2. The molecule has 0 amide bonds. The monoisotopic (exact) mass is 371 g/mol. The predicted molar refractivity (Wildman–Crippen MR) is 112 cm³/mol. The molecule has 1 saturated carbocycles. The molecule has 1 aromatic carbocycles. The zero-order valence-electron chi connectivity index (χ0n) is 15.6. The predicted octanol–water partition coefficient (Wildman–Crippen LogP) is 4.56. The molecule has 1 aliphatic carbocycles. The van der Waals surface area contributed by atoms with E-state index in [1.165, 1.54) is 18.4 Å². The van der Waals surface area contributed by atoms with Crippen LogP contribution in [0.2, 0.25) is 0 Å².